The third kappa shape index (κ3) is 14.8. The van der Waals surface area contributed by atoms with Gasteiger partial charge >= 0.3 is 5.97 Å². The van der Waals surface area contributed by atoms with Gasteiger partial charge in [-0.05, 0) is 80.4 Å². The zero-order valence-electron chi connectivity index (χ0n) is 28.8. The van der Waals surface area contributed by atoms with Gasteiger partial charge in [0.05, 0.1) is 19.8 Å². The maximum absolute atomic E-state index is 15.2. The smallest absolute Gasteiger partial charge is 0.302 e. The Balaban J connectivity index is 0.000000568. The fraction of sp³-hybridized carbons (Fsp3) is 0.514. The van der Waals surface area contributed by atoms with Crippen LogP contribution in [0, 0.1) is 17.8 Å². The highest BCUT2D eigenvalue weighted by Gasteiger charge is 2.47. The third-order valence-corrected chi connectivity index (χ3v) is 8.63. The molecule has 0 radical (unpaired) electrons. The van der Waals surface area contributed by atoms with Crippen LogP contribution in [0.1, 0.15) is 73.1 Å². The molecule has 262 valence electrons. The molecule has 1 amide bonds. The summed E-state index contributed by atoms with van der Waals surface area (Å²) in [7, 11) is 1.35. The van der Waals surface area contributed by atoms with Crippen LogP contribution in [-0.2, 0) is 14.3 Å². The number of carbonyl (C=O) groups excluding carboxylic acids is 2. The van der Waals surface area contributed by atoms with Gasteiger partial charge in [-0.25, -0.2) is 4.39 Å². The quantitative estimate of drug-likeness (QED) is 0.186. The van der Waals surface area contributed by atoms with Gasteiger partial charge in [-0.2, -0.15) is 0 Å². The van der Waals surface area contributed by atoms with Gasteiger partial charge < -0.3 is 20.9 Å². The molecule has 1 aromatic carbocycles. The summed E-state index contributed by atoms with van der Waals surface area (Å²) in [6.45, 7) is 13.7. The Bertz CT molecular complexity index is 1270. The van der Waals surface area contributed by atoms with Crippen LogP contribution in [0.15, 0.2) is 83.4 Å². The van der Waals surface area contributed by atoms with Crippen LogP contribution in [-0.4, -0.2) is 54.2 Å². The minimum absolute atomic E-state index is 0.119. The van der Waals surface area contributed by atoms with Crippen molar-refractivity contribution in [3.63, 3.8) is 0 Å². The molecule has 2 fully saturated rings. The van der Waals surface area contributed by atoms with E-state index in [1.807, 2.05) is 18.7 Å². The molecule has 1 aliphatic heterocycles. The van der Waals surface area contributed by atoms with Crippen molar-refractivity contribution in [2.45, 2.75) is 85.2 Å². The Labute approximate surface area is 291 Å². The van der Waals surface area contributed by atoms with E-state index in [0.29, 0.717) is 40.5 Å². The maximum Gasteiger partial charge on any atom is 0.302 e. The first kappa shape index (κ1) is 42.1. The minimum Gasteiger partial charge on any atom is -0.469 e. The second-order valence-corrected chi connectivity index (χ2v) is 12.6. The molecule has 2 aliphatic carbocycles. The Hall–Kier alpha value is -2.91. The summed E-state index contributed by atoms with van der Waals surface area (Å²) in [6.07, 6.45) is 14.6. The third-order valence-electron chi connectivity index (χ3n) is 8.27. The number of hydrogen-bond acceptors (Lipinski definition) is 6. The number of benzene rings is 1. The summed E-state index contributed by atoms with van der Waals surface area (Å²) in [6, 6.07) is 5.90. The molecular formula is C37H54Cl2FN3O4. The first-order valence-electron chi connectivity index (χ1n) is 16.4. The molecule has 4 rings (SSSR count). The summed E-state index contributed by atoms with van der Waals surface area (Å²) < 4.78 is 19.3. The van der Waals surface area contributed by atoms with Crippen LogP contribution in [0.25, 0.3) is 0 Å². The Morgan fingerprint density at radius 3 is 2.40 bits per heavy atom. The predicted molar refractivity (Wildman–Crippen MR) is 194 cm³/mol. The summed E-state index contributed by atoms with van der Waals surface area (Å²) >= 11 is 11.8. The molecule has 4 N–H and O–H groups in total. The summed E-state index contributed by atoms with van der Waals surface area (Å²) in [4.78, 5) is 24.9. The second-order valence-electron chi connectivity index (χ2n) is 11.7. The van der Waals surface area contributed by atoms with Crippen LogP contribution in [0.2, 0.25) is 5.02 Å². The SMILES string of the molecule is C=C(Cl)/C=C\C=C(/F)C1C[C@H](CO)N(CC2CCCC2)C1C(=O)Nc1cccc(Cl)c1.CC.CC1=C(N)C(C)CC=C1.COC(C)=O. The highest BCUT2D eigenvalue weighted by molar-refractivity contribution is 6.31. The molecule has 0 bridgehead atoms. The van der Waals surface area contributed by atoms with Gasteiger partial charge in [-0.3, -0.25) is 14.5 Å². The van der Waals surface area contributed by atoms with Crippen LogP contribution >= 0.6 is 23.2 Å². The average molecular weight is 695 g/mol. The van der Waals surface area contributed by atoms with Crippen molar-refractivity contribution in [2.75, 3.05) is 25.6 Å². The normalized spacial score (nSPS) is 22.8. The average Bonchev–Trinajstić information content (AvgIpc) is 3.69. The van der Waals surface area contributed by atoms with Crippen molar-refractivity contribution < 1.29 is 23.8 Å². The van der Waals surface area contributed by atoms with Crippen LogP contribution in [0.5, 0.6) is 0 Å². The number of nitrogens with zero attached hydrogens (tertiary/aromatic N) is 1. The molecule has 0 spiro atoms. The number of methoxy groups -OCH3 is 1. The Morgan fingerprint density at radius 1 is 1.26 bits per heavy atom. The number of amides is 1. The lowest BCUT2D eigenvalue weighted by atomic mass is 9.95. The number of allylic oxidation sites excluding steroid dienone is 8. The molecule has 47 heavy (non-hydrogen) atoms. The lowest BCUT2D eigenvalue weighted by Crippen LogP contribution is -2.48. The zero-order chi connectivity index (χ0) is 35.5. The highest BCUT2D eigenvalue weighted by Crippen LogP contribution is 2.39. The molecule has 1 aromatic rings. The van der Waals surface area contributed by atoms with E-state index in [-0.39, 0.29) is 24.5 Å². The van der Waals surface area contributed by atoms with E-state index in [9.17, 15) is 14.7 Å². The fourth-order valence-corrected chi connectivity index (χ4v) is 6.02. The van der Waals surface area contributed by atoms with Gasteiger partial charge in [0.25, 0.3) is 0 Å². The molecule has 3 unspecified atom stereocenters. The molecule has 0 aromatic heterocycles. The second kappa shape index (κ2) is 22.6. The number of likely N-dealkylation sites (tertiary alicyclic amines) is 1. The van der Waals surface area contributed by atoms with Gasteiger partial charge in [0.15, 0.2) is 0 Å². The number of rotatable bonds is 8. The van der Waals surface area contributed by atoms with Crippen molar-refractivity contribution in [3.05, 3.63) is 88.4 Å². The van der Waals surface area contributed by atoms with E-state index in [1.54, 1.807) is 24.3 Å². The molecular weight excluding hydrogens is 640 g/mol. The monoisotopic (exact) mass is 693 g/mol. The maximum atomic E-state index is 15.2. The number of ether oxygens (including phenoxy) is 1. The van der Waals surface area contributed by atoms with Crippen LogP contribution in [0.3, 0.4) is 0 Å². The largest absolute Gasteiger partial charge is 0.469 e. The van der Waals surface area contributed by atoms with Crippen LogP contribution in [0.4, 0.5) is 10.1 Å². The zero-order valence-corrected chi connectivity index (χ0v) is 30.3. The van der Waals surface area contributed by atoms with E-state index >= 15 is 4.39 Å². The van der Waals surface area contributed by atoms with Crippen molar-refractivity contribution in [1.29, 1.82) is 0 Å². The van der Waals surface area contributed by atoms with E-state index < -0.39 is 17.8 Å². The van der Waals surface area contributed by atoms with Crippen molar-refractivity contribution in [2.24, 2.45) is 23.5 Å². The lowest BCUT2D eigenvalue weighted by molar-refractivity contribution is -0.138. The van der Waals surface area contributed by atoms with E-state index in [0.717, 1.165) is 25.0 Å². The van der Waals surface area contributed by atoms with Crippen molar-refractivity contribution >= 4 is 40.8 Å². The number of halogens is 3. The van der Waals surface area contributed by atoms with Crippen molar-refractivity contribution in [1.82, 2.24) is 4.90 Å². The number of anilines is 1. The number of nitrogens with one attached hydrogen (secondary N) is 1. The van der Waals surface area contributed by atoms with Gasteiger partial charge in [0.1, 0.15) is 5.83 Å². The van der Waals surface area contributed by atoms with Gasteiger partial charge in [0.2, 0.25) is 5.91 Å². The van der Waals surface area contributed by atoms with Gasteiger partial charge in [-0.1, -0.05) is 87.7 Å². The standard InChI is InChI=1S/C24H29Cl2FN2O2.C8H13N.C3H6O2.C2H6/c1-16(25)6-4-11-22(27)21-13-20(15-30)29(14-17-7-2-3-8-17)23(21)24(31)28-19-10-5-9-18(26)12-19;1-6-4-3-5-7(2)8(6)9;1-3(4)5-2;1-2/h4-6,9-12,17,20-21,23,30H,1-3,7-8,13-15H2,(H,28,31);3-4,7H,5,9H2,1-2H3;1-2H3;1-2H3/b6-4-,22-11-;;;/t20-,21?,23?;;;/m1.../s1. The van der Waals surface area contributed by atoms with E-state index in [1.165, 1.54) is 50.7 Å². The molecule has 10 heteroatoms. The Kier molecular flexibility index (Phi) is 20.3. The summed E-state index contributed by atoms with van der Waals surface area (Å²) in [5.74, 6) is -0.602. The predicted octanol–water partition coefficient (Wildman–Crippen LogP) is 8.70. The minimum atomic E-state index is -0.722. The summed E-state index contributed by atoms with van der Waals surface area (Å²) in [5.41, 5.74) is 8.60. The summed E-state index contributed by atoms with van der Waals surface area (Å²) in [5, 5.41) is 13.7. The van der Waals surface area contributed by atoms with Gasteiger partial charge in [0, 0.05) is 46.9 Å². The van der Waals surface area contributed by atoms with Gasteiger partial charge in [-0.15, -0.1) is 0 Å². The number of hydrogen-bond donors (Lipinski definition) is 3. The molecule has 4 atom stereocenters. The van der Waals surface area contributed by atoms with Crippen molar-refractivity contribution in [3.8, 4) is 0 Å². The molecule has 7 nitrogen and oxygen atoms in total. The van der Waals surface area contributed by atoms with E-state index in [4.69, 9.17) is 28.9 Å². The first-order valence-corrected chi connectivity index (χ1v) is 17.1. The Morgan fingerprint density at radius 2 is 1.89 bits per heavy atom. The fourth-order valence-electron chi connectivity index (χ4n) is 5.76. The molecule has 3 aliphatic rings. The van der Waals surface area contributed by atoms with Crippen LogP contribution < -0.4 is 11.1 Å². The van der Waals surface area contributed by atoms with E-state index in [2.05, 4.69) is 42.6 Å². The number of esters is 1. The number of nitrogens with two attached hydrogens (primary N) is 1. The lowest BCUT2D eigenvalue weighted by Gasteiger charge is -2.32. The number of carbonyl (C=O) groups is 2. The number of aliphatic hydroxyl groups is 1. The highest BCUT2D eigenvalue weighted by atomic mass is 35.5. The first-order chi connectivity index (χ1) is 22.4. The topological polar surface area (TPSA) is 105 Å². The number of aliphatic hydroxyl groups excluding tert-OH is 1. The molecule has 1 saturated carbocycles. The molecule has 1 saturated heterocycles. The molecule has 1 heterocycles.